The summed E-state index contributed by atoms with van der Waals surface area (Å²) in [6.45, 7) is 2.50. The van der Waals surface area contributed by atoms with E-state index in [0.29, 0.717) is 6.42 Å². The molecule has 0 aliphatic carbocycles. The number of esters is 2. The van der Waals surface area contributed by atoms with Crippen molar-refractivity contribution in [1.29, 1.82) is 0 Å². The van der Waals surface area contributed by atoms with Crippen molar-refractivity contribution in [3.8, 4) is 0 Å². The number of methoxy groups -OCH3 is 2. The minimum Gasteiger partial charge on any atom is -0.469 e. The van der Waals surface area contributed by atoms with Gasteiger partial charge in [0.25, 0.3) is 0 Å². The fourth-order valence-electron chi connectivity index (χ4n) is 2.88. The summed E-state index contributed by atoms with van der Waals surface area (Å²) < 4.78 is 9.43. The highest BCUT2D eigenvalue weighted by molar-refractivity contribution is 14.0. The van der Waals surface area contributed by atoms with Crippen molar-refractivity contribution < 1.29 is 19.1 Å². The van der Waals surface area contributed by atoms with Crippen molar-refractivity contribution in [3.05, 3.63) is 0 Å². The van der Waals surface area contributed by atoms with Crippen molar-refractivity contribution in [2.75, 3.05) is 40.9 Å². The molecule has 0 unspecified atom stereocenters. The van der Waals surface area contributed by atoms with E-state index in [4.69, 9.17) is 4.74 Å². The second kappa shape index (κ2) is 14.1. The lowest BCUT2D eigenvalue weighted by molar-refractivity contribution is -0.146. The Kier molecular flexibility index (Phi) is 13.5. The zero-order chi connectivity index (χ0) is 17.8. The van der Waals surface area contributed by atoms with E-state index >= 15 is 0 Å². The van der Waals surface area contributed by atoms with Crippen LogP contribution in [0.15, 0.2) is 4.99 Å². The number of likely N-dealkylation sites (tertiary alicyclic amines) is 1. The van der Waals surface area contributed by atoms with E-state index in [1.807, 2.05) is 0 Å². The number of carbonyl (C=O) groups is 2. The summed E-state index contributed by atoms with van der Waals surface area (Å²) in [4.78, 5) is 29.1. The highest BCUT2D eigenvalue weighted by Crippen LogP contribution is 2.18. The Hall–Kier alpha value is -1.06. The smallest absolute Gasteiger partial charge is 0.308 e. The van der Waals surface area contributed by atoms with Gasteiger partial charge in [-0.2, -0.15) is 0 Å². The van der Waals surface area contributed by atoms with Crippen LogP contribution in [0.2, 0.25) is 0 Å². The zero-order valence-corrected chi connectivity index (χ0v) is 17.9. The molecule has 1 aliphatic rings. The van der Waals surface area contributed by atoms with E-state index in [1.54, 1.807) is 7.05 Å². The van der Waals surface area contributed by atoms with Gasteiger partial charge in [0.2, 0.25) is 0 Å². The molecule has 1 aliphatic heterocycles. The summed E-state index contributed by atoms with van der Waals surface area (Å²) in [7, 11) is 4.65. The molecule has 0 spiro atoms. The van der Waals surface area contributed by atoms with Crippen LogP contribution in [-0.4, -0.2) is 63.7 Å². The minimum absolute atomic E-state index is 0. The van der Waals surface area contributed by atoms with Crippen molar-refractivity contribution in [2.45, 2.75) is 44.9 Å². The van der Waals surface area contributed by atoms with Crippen LogP contribution >= 0.6 is 24.0 Å². The Morgan fingerprint density at radius 2 is 1.72 bits per heavy atom. The van der Waals surface area contributed by atoms with Gasteiger partial charge in [0.1, 0.15) is 0 Å². The van der Waals surface area contributed by atoms with Crippen LogP contribution in [0.5, 0.6) is 0 Å². The molecule has 1 saturated heterocycles. The van der Waals surface area contributed by atoms with Gasteiger partial charge in [-0.1, -0.05) is 12.8 Å². The number of hydrogen-bond donors (Lipinski definition) is 1. The van der Waals surface area contributed by atoms with Gasteiger partial charge in [-0.3, -0.25) is 14.6 Å². The monoisotopic (exact) mass is 469 g/mol. The number of nitrogens with one attached hydrogen (secondary N) is 1. The van der Waals surface area contributed by atoms with E-state index in [0.717, 1.165) is 64.1 Å². The molecule has 25 heavy (non-hydrogen) atoms. The lowest BCUT2D eigenvalue weighted by Gasteiger charge is -2.33. The molecule has 0 aromatic carbocycles. The molecule has 0 atom stereocenters. The maximum atomic E-state index is 11.6. The van der Waals surface area contributed by atoms with Crippen molar-refractivity contribution in [2.24, 2.45) is 10.9 Å². The normalized spacial score (nSPS) is 15.3. The molecule has 7 nitrogen and oxygen atoms in total. The molecule has 0 saturated carbocycles. The van der Waals surface area contributed by atoms with Crippen LogP contribution in [-0.2, 0) is 19.1 Å². The van der Waals surface area contributed by atoms with E-state index < -0.39 is 0 Å². The maximum Gasteiger partial charge on any atom is 0.308 e. The Morgan fingerprint density at radius 3 is 2.28 bits per heavy atom. The van der Waals surface area contributed by atoms with Gasteiger partial charge >= 0.3 is 11.9 Å². The molecule has 1 fully saturated rings. The number of nitrogens with zero attached hydrogens (tertiary/aromatic N) is 2. The van der Waals surface area contributed by atoms with E-state index in [-0.39, 0.29) is 41.8 Å². The summed E-state index contributed by atoms with van der Waals surface area (Å²) in [5.41, 5.74) is 0. The number of ether oxygens (including phenoxy) is 2. The first-order valence-corrected chi connectivity index (χ1v) is 8.72. The Morgan fingerprint density at radius 1 is 1.08 bits per heavy atom. The number of rotatable bonds is 8. The van der Waals surface area contributed by atoms with Gasteiger partial charge in [-0.25, -0.2) is 0 Å². The third-order valence-electron chi connectivity index (χ3n) is 4.36. The van der Waals surface area contributed by atoms with Crippen LogP contribution < -0.4 is 5.32 Å². The summed E-state index contributed by atoms with van der Waals surface area (Å²) in [6.07, 6.45) is 6.13. The predicted octanol–water partition coefficient (Wildman–Crippen LogP) is 2.19. The van der Waals surface area contributed by atoms with Crippen LogP contribution in [0.3, 0.4) is 0 Å². The fourth-order valence-corrected chi connectivity index (χ4v) is 2.88. The molecular formula is C17H32IN3O4. The molecule has 1 rings (SSSR count). The van der Waals surface area contributed by atoms with Crippen LogP contribution in [0, 0.1) is 5.92 Å². The quantitative estimate of drug-likeness (QED) is 0.193. The van der Waals surface area contributed by atoms with Gasteiger partial charge in [0.15, 0.2) is 5.96 Å². The first kappa shape index (κ1) is 23.9. The van der Waals surface area contributed by atoms with Gasteiger partial charge in [-0.15, -0.1) is 24.0 Å². The van der Waals surface area contributed by atoms with E-state index in [2.05, 4.69) is 19.9 Å². The van der Waals surface area contributed by atoms with Gasteiger partial charge < -0.3 is 19.7 Å². The van der Waals surface area contributed by atoms with Gasteiger partial charge in [0.05, 0.1) is 20.1 Å². The minimum atomic E-state index is -0.135. The number of aliphatic imine (C=N–C) groups is 1. The second-order valence-electron chi connectivity index (χ2n) is 6.00. The van der Waals surface area contributed by atoms with Crippen LogP contribution in [0.25, 0.3) is 0 Å². The molecule has 1 heterocycles. The lowest BCUT2D eigenvalue weighted by Crippen LogP contribution is -2.46. The predicted molar refractivity (Wildman–Crippen MR) is 108 cm³/mol. The molecule has 0 amide bonds. The number of hydrogen-bond acceptors (Lipinski definition) is 5. The molecule has 8 heteroatoms. The highest BCUT2D eigenvalue weighted by atomic mass is 127. The first-order chi connectivity index (χ1) is 11.6. The third kappa shape index (κ3) is 9.27. The molecule has 146 valence electrons. The molecular weight excluding hydrogens is 437 g/mol. The van der Waals surface area contributed by atoms with E-state index in [1.165, 1.54) is 14.2 Å². The van der Waals surface area contributed by atoms with E-state index in [9.17, 15) is 9.59 Å². The summed E-state index contributed by atoms with van der Waals surface area (Å²) >= 11 is 0. The Bertz CT molecular complexity index is 424. The molecule has 0 aromatic heterocycles. The molecule has 1 N–H and O–H groups in total. The summed E-state index contributed by atoms with van der Waals surface area (Å²) in [6, 6.07) is 0. The second-order valence-corrected chi connectivity index (χ2v) is 6.00. The van der Waals surface area contributed by atoms with Gasteiger partial charge in [-0.05, 0) is 25.7 Å². The van der Waals surface area contributed by atoms with Crippen molar-refractivity contribution in [1.82, 2.24) is 10.2 Å². The average Bonchev–Trinajstić information content (AvgIpc) is 2.63. The Balaban J connectivity index is 0.00000576. The molecule has 0 bridgehead atoms. The standard InChI is InChI=1S/C17H31N3O4.HI/c1-18-17(19-11-7-5-4-6-8-15(21)23-2)20-12-9-14(10-13-20)16(22)24-3;/h14H,4-13H2,1-3H3,(H,18,19);1H. The van der Waals surface area contributed by atoms with Crippen LogP contribution in [0.4, 0.5) is 0 Å². The number of carbonyl (C=O) groups excluding carboxylic acids is 2. The highest BCUT2D eigenvalue weighted by Gasteiger charge is 2.26. The summed E-state index contributed by atoms with van der Waals surface area (Å²) in [5, 5.41) is 3.38. The zero-order valence-electron chi connectivity index (χ0n) is 15.6. The SMILES string of the molecule is CN=C(NCCCCCCC(=O)OC)N1CCC(C(=O)OC)CC1.I. The number of guanidine groups is 1. The fraction of sp³-hybridized carbons (Fsp3) is 0.824. The van der Waals surface area contributed by atoms with Crippen LogP contribution in [0.1, 0.15) is 44.9 Å². The number of unbranched alkanes of at least 4 members (excludes halogenated alkanes) is 3. The Labute approximate surface area is 167 Å². The van der Waals surface area contributed by atoms with Gasteiger partial charge in [0, 0.05) is 33.1 Å². The topological polar surface area (TPSA) is 80.2 Å². The molecule has 0 aromatic rings. The summed E-state index contributed by atoms with van der Waals surface area (Å²) in [5.74, 6) is 0.667. The largest absolute Gasteiger partial charge is 0.469 e. The van der Waals surface area contributed by atoms with Crippen molar-refractivity contribution in [3.63, 3.8) is 0 Å². The number of piperidine rings is 1. The average molecular weight is 469 g/mol. The maximum absolute atomic E-state index is 11.6. The first-order valence-electron chi connectivity index (χ1n) is 8.72. The molecule has 0 radical (unpaired) electrons. The van der Waals surface area contributed by atoms with Crippen molar-refractivity contribution >= 4 is 41.9 Å². The number of halogens is 1. The lowest BCUT2D eigenvalue weighted by atomic mass is 9.97. The third-order valence-corrected chi connectivity index (χ3v) is 4.36.